The molecule has 4 aromatic heterocycles. The molecule has 0 atom stereocenters. The minimum Gasteiger partial charge on any atom is -0.309 e. The summed E-state index contributed by atoms with van der Waals surface area (Å²) in [5, 5.41) is 12.9. The van der Waals surface area contributed by atoms with Crippen LogP contribution in [0.15, 0.2) is 146 Å². The number of fused-ring (bicyclic) bond motifs is 11. The molecule has 0 saturated carbocycles. The zero-order valence-electron chi connectivity index (χ0n) is 24.2. The van der Waals surface area contributed by atoms with E-state index in [-0.39, 0.29) is 0 Å². The zero-order valence-corrected chi connectivity index (χ0v) is 25.0. The molecule has 0 saturated heterocycles. The summed E-state index contributed by atoms with van der Waals surface area (Å²) in [6.45, 7) is 0. The van der Waals surface area contributed by atoms with Gasteiger partial charge in [-0.3, -0.25) is 0 Å². The van der Waals surface area contributed by atoms with Crippen molar-refractivity contribution in [3.63, 3.8) is 0 Å². The Morgan fingerprint density at radius 2 is 0.911 bits per heavy atom. The predicted octanol–water partition coefficient (Wildman–Crippen LogP) is 12.0. The van der Waals surface area contributed by atoms with E-state index in [1.54, 1.807) is 0 Å². The van der Waals surface area contributed by atoms with E-state index in [0.717, 1.165) is 0 Å². The number of hydrogen-bond donors (Lipinski definition) is 0. The first kappa shape index (κ1) is 23.8. The summed E-state index contributed by atoms with van der Waals surface area (Å²) in [4.78, 5) is 0. The fraction of sp³-hybridized carbons (Fsp3) is 0. The summed E-state index contributed by atoms with van der Waals surface area (Å²) in [7, 11) is 0. The average Bonchev–Trinajstić information content (AvgIpc) is 3.76. The Morgan fingerprint density at radius 3 is 1.76 bits per heavy atom. The lowest BCUT2D eigenvalue weighted by Gasteiger charge is -2.08. The van der Waals surface area contributed by atoms with Crippen LogP contribution in [0.3, 0.4) is 0 Å². The SMILES string of the molecule is c1ccc(-n2c3ccccc3c3c2ccc2c4cccc5c6ccccc6c6cccc7sc8cccc(c8c76)n(c54)c23)cc1. The second-order valence-electron chi connectivity index (χ2n) is 12.1. The molecule has 0 N–H and O–H groups in total. The Bertz CT molecular complexity index is 3030. The lowest BCUT2D eigenvalue weighted by molar-refractivity contribution is 1.18. The van der Waals surface area contributed by atoms with Gasteiger partial charge in [-0.2, -0.15) is 0 Å². The van der Waals surface area contributed by atoms with Crippen molar-refractivity contribution in [2.45, 2.75) is 0 Å². The molecule has 0 unspecified atom stereocenters. The number of hydrogen-bond acceptors (Lipinski definition) is 1. The number of benzene rings is 7. The Kier molecular flexibility index (Phi) is 4.49. The number of rotatable bonds is 1. The van der Waals surface area contributed by atoms with Crippen LogP contribution in [0.5, 0.6) is 0 Å². The Hall–Kier alpha value is -5.64. The van der Waals surface area contributed by atoms with Gasteiger partial charge in [0.1, 0.15) is 0 Å². The minimum absolute atomic E-state index is 1.17. The lowest BCUT2D eigenvalue weighted by atomic mass is 10.0. The van der Waals surface area contributed by atoms with Crippen LogP contribution >= 0.6 is 11.3 Å². The van der Waals surface area contributed by atoms with Gasteiger partial charge >= 0.3 is 0 Å². The molecule has 2 nitrogen and oxygen atoms in total. The molecule has 7 aromatic carbocycles. The molecule has 208 valence electrons. The highest BCUT2D eigenvalue weighted by molar-refractivity contribution is 7.26. The third-order valence-electron chi connectivity index (χ3n) is 9.85. The van der Waals surface area contributed by atoms with Crippen LogP contribution in [0.25, 0.3) is 96.5 Å². The van der Waals surface area contributed by atoms with Crippen LogP contribution in [-0.2, 0) is 0 Å². The van der Waals surface area contributed by atoms with E-state index in [1.165, 1.54) is 96.5 Å². The van der Waals surface area contributed by atoms with Crippen molar-refractivity contribution in [2.24, 2.45) is 0 Å². The second kappa shape index (κ2) is 8.50. The highest BCUT2D eigenvalue weighted by Gasteiger charge is 2.22. The second-order valence-corrected chi connectivity index (χ2v) is 13.1. The summed E-state index contributed by atoms with van der Waals surface area (Å²) < 4.78 is 7.69. The molecule has 0 aliphatic rings. The monoisotopic (exact) mass is 588 g/mol. The lowest BCUT2D eigenvalue weighted by Crippen LogP contribution is -1.93. The fourth-order valence-corrected chi connectivity index (χ4v) is 9.28. The van der Waals surface area contributed by atoms with Gasteiger partial charge in [0, 0.05) is 52.8 Å². The van der Waals surface area contributed by atoms with Gasteiger partial charge in [-0.15, -0.1) is 11.3 Å². The molecule has 0 spiro atoms. The predicted molar refractivity (Wildman–Crippen MR) is 195 cm³/mol. The quantitative estimate of drug-likeness (QED) is 0.180. The van der Waals surface area contributed by atoms with E-state index in [1.807, 2.05) is 11.3 Å². The fourth-order valence-electron chi connectivity index (χ4n) is 8.13. The van der Waals surface area contributed by atoms with Crippen molar-refractivity contribution in [2.75, 3.05) is 0 Å². The standard InChI is InChI=1S/C42H24N2S/c1-2-11-25(12-3-1)43-33-19-7-6-15-32(33)38-35(43)24-23-31-30-18-8-17-29-27-14-5-4-13-26(27)28-16-9-21-36-39(28)40-34(20-10-22-37(40)45-36)44(41(29)30)42(31)38/h1-24H. The van der Waals surface area contributed by atoms with E-state index in [4.69, 9.17) is 0 Å². The molecule has 0 bridgehead atoms. The molecule has 0 aliphatic carbocycles. The molecule has 45 heavy (non-hydrogen) atoms. The molecule has 3 heteroatoms. The average molecular weight is 589 g/mol. The van der Waals surface area contributed by atoms with E-state index in [0.29, 0.717) is 0 Å². The summed E-state index contributed by atoms with van der Waals surface area (Å²) in [6, 6.07) is 53.9. The van der Waals surface area contributed by atoms with Crippen LogP contribution in [-0.4, -0.2) is 8.97 Å². The molecule has 0 amide bonds. The molecular weight excluding hydrogens is 565 g/mol. The Balaban J connectivity index is 1.55. The topological polar surface area (TPSA) is 9.34 Å². The van der Waals surface area contributed by atoms with Gasteiger partial charge in [0.05, 0.1) is 27.6 Å². The number of thiophene rings is 1. The van der Waals surface area contributed by atoms with Crippen LogP contribution in [0.2, 0.25) is 0 Å². The Labute approximate surface area is 261 Å². The summed E-state index contributed by atoms with van der Waals surface area (Å²) >= 11 is 1.90. The minimum atomic E-state index is 1.17. The van der Waals surface area contributed by atoms with Gasteiger partial charge in [-0.1, -0.05) is 103 Å². The Morgan fingerprint density at radius 1 is 0.333 bits per heavy atom. The van der Waals surface area contributed by atoms with Crippen molar-refractivity contribution in [1.29, 1.82) is 0 Å². The summed E-state index contributed by atoms with van der Waals surface area (Å²) in [5.41, 5.74) is 7.40. The number of para-hydroxylation sites is 3. The van der Waals surface area contributed by atoms with E-state index >= 15 is 0 Å². The van der Waals surface area contributed by atoms with Crippen molar-refractivity contribution in [3.8, 4) is 5.69 Å². The number of nitrogens with zero attached hydrogens (tertiary/aromatic N) is 2. The highest BCUT2D eigenvalue weighted by Crippen LogP contribution is 2.46. The van der Waals surface area contributed by atoms with Gasteiger partial charge < -0.3 is 8.97 Å². The molecule has 0 aliphatic heterocycles. The van der Waals surface area contributed by atoms with E-state index in [2.05, 4.69) is 155 Å². The third-order valence-corrected chi connectivity index (χ3v) is 11.0. The molecule has 4 heterocycles. The maximum atomic E-state index is 2.61. The van der Waals surface area contributed by atoms with Crippen LogP contribution in [0.4, 0.5) is 0 Å². The summed E-state index contributed by atoms with van der Waals surface area (Å²) in [5.74, 6) is 0. The molecular formula is C42H24N2S. The zero-order chi connectivity index (χ0) is 29.2. The van der Waals surface area contributed by atoms with Gasteiger partial charge in [0.2, 0.25) is 0 Å². The molecule has 0 radical (unpaired) electrons. The number of aromatic nitrogens is 2. The first-order valence-electron chi connectivity index (χ1n) is 15.5. The summed E-state index contributed by atoms with van der Waals surface area (Å²) in [6.07, 6.45) is 0. The van der Waals surface area contributed by atoms with Gasteiger partial charge in [0.25, 0.3) is 0 Å². The van der Waals surface area contributed by atoms with Gasteiger partial charge in [-0.05, 0) is 58.6 Å². The third kappa shape index (κ3) is 2.94. The smallest absolute Gasteiger partial charge is 0.0641 e. The van der Waals surface area contributed by atoms with Crippen LogP contribution in [0, 0.1) is 0 Å². The first-order chi connectivity index (χ1) is 22.4. The maximum Gasteiger partial charge on any atom is 0.0641 e. The highest BCUT2D eigenvalue weighted by atomic mass is 32.1. The normalized spacial score (nSPS) is 12.4. The first-order valence-corrected chi connectivity index (χ1v) is 16.3. The van der Waals surface area contributed by atoms with Gasteiger partial charge in [0.15, 0.2) is 0 Å². The van der Waals surface area contributed by atoms with Crippen molar-refractivity contribution < 1.29 is 0 Å². The van der Waals surface area contributed by atoms with Crippen LogP contribution in [0.1, 0.15) is 0 Å². The largest absolute Gasteiger partial charge is 0.309 e. The van der Waals surface area contributed by atoms with E-state index < -0.39 is 0 Å². The van der Waals surface area contributed by atoms with Crippen molar-refractivity contribution in [3.05, 3.63) is 146 Å². The molecule has 11 aromatic rings. The molecule has 11 rings (SSSR count). The molecule has 0 fully saturated rings. The van der Waals surface area contributed by atoms with Crippen molar-refractivity contribution in [1.82, 2.24) is 8.97 Å². The van der Waals surface area contributed by atoms with Crippen molar-refractivity contribution >= 4 is 102 Å². The van der Waals surface area contributed by atoms with Crippen LogP contribution < -0.4 is 0 Å². The van der Waals surface area contributed by atoms with Gasteiger partial charge in [-0.25, -0.2) is 0 Å². The maximum absolute atomic E-state index is 2.61. The van der Waals surface area contributed by atoms with E-state index in [9.17, 15) is 0 Å².